The summed E-state index contributed by atoms with van der Waals surface area (Å²) in [7, 11) is 0. The SMILES string of the molecule is CCCOc1ccc2oc(C(=O)N[C@H](CCN3CCC(C(=O)NC(C)(C)C)(C4CCCCC4)CC3)Cc3ccc(Cl)cc3)cc(=O)c2c1. The smallest absolute Gasteiger partial charge is 0.287 e. The van der Waals surface area contributed by atoms with Crippen LogP contribution in [0.2, 0.25) is 5.02 Å². The number of rotatable bonds is 12. The van der Waals surface area contributed by atoms with Crippen LogP contribution in [0.25, 0.3) is 11.0 Å². The van der Waals surface area contributed by atoms with Crippen LogP contribution in [0, 0.1) is 11.3 Å². The number of nitrogens with one attached hydrogen (secondary N) is 2. The maximum Gasteiger partial charge on any atom is 0.287 e. The molecule has 1 saturated carbocycles. The van der Waals surface area contributed by atoms with Gasteiger partial charge in [-0.1, -0.05) is 49.9 Å². The number of carbonyl (C=O) groups excluding carboxylic acids is 2. The molecule has 2 aromatic carbocycles. The Bertz CT molecular complexity index is 1600. The van der Waals surface area contributed by atoms with Crippen molar-refractivity contribution in [3.05, 3.63) is 75.1 Å². The number of piperidine rings is 1. The first-order valence-corrected chi connectivity index (χ1v) is 18.1. The van der Waals surface area contributed by atoms with Crippen LogP contribution >= 0.6 is 11.6 Å². The number of benzene rings is 2. The lowest BCUT2D eigenvalue weighted by Gasteiger charge is -2.47. The van der Waals surface area contributed by atoms with E-state index < -0.39 is 5.91 Å². The van der Waals surface area contributed by atoms with Gasteiger partial charge in [0.25, 0.3) is 5.91 Å². The molecule has 48 heavy (non-hydrogen) atoms. The Morgan fingerprint density at radius 2 is 1.75 bits per heavy atom. The van der Waals surface area contributed by atoms with E-state index in [2.05, 4.69) is 36.3 Å². The minimum Gasteiger partial charge on any atom is -0.494 e. The van der Waals surface area contributed by atoms with Crippen molar-refractivity contribution in [2.75, 3.05) is 26.2 Å². The van der Waals surface area contributed by atoms with Crippen molar-refractivity contribution in [2.45, 2.75) is 103 Å². The fourth-order valence-electron chi connectivity index (χ4n) is 7.40. The number of ether oxygens (including phenoxy) is 1. The molecule has 2 fully saturated rings. The summed E-state index contributed by atoms with van der Waals surface area (Å²) in [5.41, 5.74) is 0.522. The van der Waals surface area contributed by atoms with Gasteiger partial charge in [-0.2, -0.15) is 0 Å². The molecular formula is C39H52ClN3O5. The average Bonchev–Trinajstić information content (AvgIpc) is 3.07. The molecule has 1 aromatic heterocycles. The Morgan fingerprint density at radius 3 is 2.42 bits per heavy atom. The summed E-state index contributed by atoms with van der Waals surface area (Å²) in [6.07, 6.45) is 9.79. The molecule has 1 saturated heterocycles. The molecule has 0 spiro atoms. The van der Waals surface area contributed by atoms with Crippen molar-refractivity contribution in [2.24, 2.45) is 11.3 Å². The summed E-state index contributed by atoms with van der Waals surface area (Å²) in [5, 5.41) is 7.53. The Balaban J connectivity index is 1.28. The Hall–Kier alpha value is -3.36. The lowest BCUT2D eigenvalue weighted by Crippen LogP contribution is -2.56. The molecule has 260 valence electrons. The van der Waals surface area contributed by atoms with E-state index in [1.807, 2.05) is 31.2 Å². The van der Waals surface area contributed by atoms with Crippen molar-refractivity contribution >= 4 is 34.4 Å². The number of amides is 2. The van der Waals surface area contributed by atoms with E-state index in [-0.39, 0.29) is 34.1 Å². The van der Waals surface area contributed by atoms with Crippen molar-refractivity contribution in [1.29, 1.82) is 0 Å². The van der Waals surface area contributed by atoms with Crippen molar-refractivity contribution in [3.63, 3.8) is 0 Å². The van der Waals surface area contributed by atoms with Crippen LogP contribution in [0.3, 0.4) is 0 Å². The predicted octanol–water partition coefficient (Wildman–Crippen LogP) is 7.54. The number of likely N-dealkylation sites (tertiary alicyclic amines) is 1. The number of halogens is 1. The molecule has 1 atom stereocenters. The summed E-state index contributed by atoms with van der Waals surface area (Å²) in [6, 6.07) is 13.8. The van der Waals surface area contributed by atoms with Gasteiger partial charge in [0.05, 0.1) is 17.4 Å². The van der Waals surface area contributed by atoms with Crippen LogP contribution in [-0.4, -0.2) is 54.5 Å². The highest BCUT2D eigenvalue weighted by molar-refractivity contribution is 6.30. The van der Waals surface area contributed by atoms with Crippen LogP contribution in [0.4, 0.5) is 0 Å². The third-order valence-electron chi connectivity index (χ3n) is 10.00. The van der Waals surface area contributed by atoms with Crippen molar-refractivity contribution in [3.8, 4) is 5.75 Å². The molecule has 0 radical (unpaired) electrons. The normalized spacial score (nSPS) is 17.9. The zero-order valence-electron chi connectivity index (χ0n) is 29.0. The lowest BCUT2D eigenvalue weighted by molar-refractivity contribution is -0.141. The number of nitrogens with zero attached hydrogens (tertiary/aromatic N) is 1. The summed E-state index contributed by atoms with van der Waals surface area (Å²) in [5.74, 6) is 0.806. The van der Waals surface area contributed by atoms with Gasteiger partial charge in [0.2, 0.25) is 5.91 Å². The van der Waals surface area contributed by atoms with E-state index in [1.54, 1.807) is 18.2 Å². The topological polar surface area (TPSA) is 101 Å². The predicted molar refractivity (Wildman–Crippen MR) is 192 cm³/mol. The van der Waals surface area contributed by atoms with Crippen molar-refractivity contribution < 1.29 is 18.7 Å². The van der Waals surface area contributed by atoms with Crippen LogP contribution in [0.15, 0.2) is 57.7 Å². The van der Waals surface area contributed by atoms with Crippen molar-refractivity contribution in [1.82, 2.24) is 15.5 Å². The number of hydrogen-bond donors (Lipinski definition) is 2. The molecule has 2 heterocycles. The van der Waals surface area contributed by atoms with Gasteiger partial charge < -0.3 is 24.7 Å². The largest absolute Gasteiger partial charge is 0.494 e. The maximum absolute atomic E-state index is 13.8. The second-order valence-corrected chi connectivity index (χ2v) is 15.2. The molecule has 0 unspecified atom stereocenters. The molecule has 8 nitrogen and oxygen atoms in total. The zero-order valence-corrected chi connectivity index (χ0v) is 29.8. The molecular weight excluding hydrogens is 626 g/mol. The summed E-state index contributed by atoms with van der Waals surface area (Å²) >= 11 is 6.15. The van der Waals surface area contributed by atoms with E-state index in [0.29, 0.717) is 47.1 Å². The molecule has 2 aliphatic rings. The zero-order chi connectivity index (χ0) is 34.3. The number of hydrogen-bond acceptors (Lipinski definition) is 6. The highest BCUT2D eigenvalue weighted by Gasteiger charge is 2.48. The molecule has 0 bridgehead atoms. The van der Waals surface area contributed by atoms with Gasteiger partial charge >= 0.3 is 0 Å². The van der Waals surface area contributed by atoms with Gasteiger partial charge in [0.15, 0.2) is 11.2 Å². The summed E-state index contributed by atoms with van der Waals surface area (Å²) in [4.78, 5) is 42.8. The Morgan fingerprint density at radius 1 is 1.04 bits per heavy atom. The maximum atomic E-state index is 13.8. The molecule has 1 aliphatic heterocycles. The van der Waals surface area contributed by atoms with Crippen LogP contribution in [0.5, 0.6) is 5.75 Å². The monoisotopic (exact) mass is 677 g/mol. The quantitative estimate of drug-likeness (QED) is 0.205. The van der Waals surface area contributed by atoms with Gasteiger partial charge in [-0.15, -0.1) is 0 Å². The van der Waals surface area contributed by atoms with E-state index in [4.69, 9.17) is 20.8 Å². The standard InChI is InChI=1S/C39H52ClN3O5/c1-5-23-47-31-15-16-34-32(25-31)33(44)26-35(48-34)36(45)41-30(24-27-11-13-29(40)14-12-27)17-20-43-21-18-39(19-22-43,28-9-7-6-8-10-28)37(46)42-38(2,3)4/h11-16,25-26,28,30H,5-10,17-24H2,1-4H3,(H,41,45)(H,42,46)/t30-/m1/s1. The molecule has 2 N–H and O–H groups in total. The second kappa shape index (κ2) is 15.9. The van der Waals surface area contributed by atoms with Gasteiger partial charge in [-0.25, -0.2) is 0 Å². The van der Waals surface area contributed by atoms with Gasteiger partial charge in [-0.05, 0) is 121 Å². The highest BCUT2D eigenvalue weighted by Crippen LogP contribution is 2.46. The van der Waals surface area contributed by atoms with Crippen LogP contribution in [0.1, 0.15) is 102 Å². The molecule has 3 aromatic rings. The third-order valence-corrected chi connectivity index (χ3v) is 10.2. The summed E-state index contributed by atoms with van der Waals surface area (Å²) < 4.78 is 11.6. The minimum atomic E-state index is -0.423. The number of fused-ring (bicyclic) bond motifs is 1. The van der Waals surface area contributed by atoms with Gasteiger partial charge in [0.1, 0.15) is 11.3 Å². The highest BCUT2D eigenvalue weighted by atomic mass is 35.5. The first kappa shape index (κ1) is 35.9. The second-order valence-electron chi connectivity index (χ2n) is 14.8. The Labute approximate surface area is 289 Å². The molecule has 2 amide bonds. The van der Waals surface area contributed by atoms with Gasteiger partial charge in [-0.3, -0.25) is 14.4 Å². The summed E-state index contributed by atoms with van der Waals surface area (Å²) in [6.45, 7) is 11.2. The number of carbonyl (C=O) groups is 2. The molecule has 5 rings (SSSR count). The fourth-order valence-corrected chi connectivity index (χ4v) is 7.52. The minimum absolute atomic E-state index is 0.0177. The average molecular weight is 678 g/mol. The Kier molecular flexibility index (Phi) is 11.9. The van der Waals surface area contributed by atoms with E-state index >= 15 is 0 Å². The van der Waals surface area contributed by atoms with E-state index in [9.17, 15) is 14.4 Å². The van der Waals surface area contributed by atoms with E-state index in [1.165, 1.54) is 25.3 Å². The van der Waals surface area contributed by atoms with E-state index in [0.717, 1.165) is 57.3 Å². The van der Waals surface area contributed by atoms with Gasteiger partial charge in [0, 0.05) is 29.2 Å². The first-order chi connectivity index (χ1) is 23.0. The molecule has 1 aliphatic carbocycles. The third kappa shape index (κ3) is 9.20. The lowest BCUT2D eigenvalue weighted by atomic mass is 9.63. The first-order valence-electron chi connectivity index (χ1n) is 17.8. The fraction of sp³-hybridized carbons (Fsp3) is 0.564. The molecule has 9 heteroatoms. The van der Waals surface area contributed by atoms with Crippen LogP contribution < -0.4 is 20.8 Å². The van der Waals surface area contributed by atoms with Crippen LogP contribution in [-0.2, 0) is 11.2 Å².